The van der Waals surface area contributed by atoms with Crippen molar-refractivity contribution in [2.45, 2.75) is 103 Å². The van der Waals surface area contributed by atoms with E-state index in [0.29, 0.717) is 25.7 Å². The Morgan fingerprint density at radius 2 is 1.06 bits per heavy atom. The van der Waals surface area contributed by atoms with Crippen LogP contribution in [0.5, 0.6) is 0 Å². The molecule has 32 heavy (non-hydrogen) atoms. The van der Waals surface area contributed by atoms with Crippen LogP contribution >= 0.6 is 0 Å². The minimum Gasteiger partial charge on any atom is -0.481 e. The first-order valence-corrected chi connectivity index (χ1v) is 12.0. The molecule has 0 radical (unpaired) electrons. The van der Waals surface area contributed by atoms with Gasteiger partial charge in [0.2, 0.25) is 0 Å². The summed E-state index contributed by atoms with van der Waals surface area (Å²) in [6.45, 7) is 0.881. The molecule has 10 heteroatoms. The molecule has 0 aromatic rings. The van der Waals surface area contributed by atoms with Crippen molar-refractivity contribution in [3.8, 4) is 0 Å². The van der Waals surface area contributed by atoms with E-state index in [-0.39, 0.29) is 12.8 Å². The summed E-state index contributed by atoms with van der Waals surface area (Å²) < 4.78 is 0. The highest BCUT2D eigenvalue weighted by atomic mass is 16.4. The number of rotatable bonds is 24. The van der Waals surface area contributed by atoms with Gasteiger partial charge in [0, 0.05) is 13.0 Å². The zero-order chi connectivity index (χ0) is 24.0. The van der Waals surface area contributed by atoms with Gasteiger partial charge in [0.25, 0.3) is 0 Å². The van der Waals surface area contributed by atoms with Crippen molar-refractivity contribution < 1.29 is 29.7 Å². The number of carbonyl (C=O) groups is 3. The predicted molar refractivity (Wildman–Crippen MR) is 122 cm³/mol. The van der Waals surface area contributed by atoms with E-state index >= 15 is 0 Å². The number of nitrogens with one attached hydrogen (secondary N) is 3. The van der Waals surface area contributed by atoms with Gasteiger partial charge in [0.05, 0.1) is 11.8 Å². The molecule has 188 valence electrons. The molecule has 0 fully saturated rings. The molecule has 2 unspecified atom stereocenters. The van der Waals surface area contributed by atoms with Gasteiger partial charge in [0.1, 0.15) is 0 Å². The van der Waals surface area contributed by atoms with Crippen molar-refractivity contribution in [2.75, 3.05) is 6.54 Å². The molecule has 0 amide bonds. The number of unbranched alkanes of at least 4 members (excludes halogenated alkanes) is 9. The minimum absolute atomic E-state index is 0.0869. The van der Waals surface area contributed by atoms with Gasteiger partial charge in [-0.2, -0.15) is 11.1 Å². The van der Waals surface area contributed by atoms with Crippen molar-refractivity contribution in [1.29, 1.82) is 0 Å². The summed E-state index contributed by atoms with van der Waals surface area (Å²) in [5.74, 6) is 1.05. The van der Waals surface area contributed by atoms with Gasteiger partial charge in [-0.05, 0) is 32.1 Å². The van der Waals surface area contributed by atoms with E-state index in [2.05, 4.69) is 16.5 Å². The fraction of sp³-hybridized carbons (Fsp3) is 0.864. The molecule has 0 saturated heterocycles. The number of hydrogen-bond donors (Lipinski definition) is 7. The Hall–Kier alpha value is -1.75. The van der Waals surface area contributed by atoms with E-state index in [1.165, 1.54) is 38.5 Å². The molecule has 2 atom stereocenters. The van der Waals surface area contributed by atoms with Crippen LogP contribution in [0.4, 0.5) is 0 Å². The van der Waals surface area contributed by atoms with Gasteiger partial charge < -0.3 is 15.3 Å². The van der Waals surface area contributed by atoms with Crippen LogP contribution < -0.4 is 22.3 Å². The molecule has 0 rings (SSSR count). The quantitative estimate of drug-likeness (QED) is 0.0643. The normalized spacial score (nSPS) is 13.0. The highest BCUT2D eigenvalue weighted by Gasteiger charge is 2.21. The van der Waals surface area contributed by atoms with Gasteiger partial charge in [-0.3, -0.25) is 20.2 Å². The molecule has 0 aromatic heterocycles. The molecule has 0 aliphatic carbocycles. The summed E-state index contributed by atoms with van der Waals surface area (Å²) in [6.07, 6.45) is 13.2. The molecule has 10 nitrogen and oxygen atoms in total. The van der Waals surface area contributed by atoms with E-state index in [1.807, 2.05) is 0 Å². The largest absolute Gasteiger partial charge is 0.481 e. The molecule has 0 bridgehead atoms. The van der Waals surface area contributed by atoms with Crippen LogP contribution in [0.15, 0.2) is 0 Å². The van der Waals surface area contributed by atoms with Gasteiger partial charge in [-0.1, -0.05) is 64.2 Å². The van der Waals surface area contributed by atoms with E-state index in [1.54, 1.807) is 0 Å². The summed E-state index contributed by atoms with van der Waals surface area (Å²) in [5, 5.41) is 27.3. The van der Waals surface area contributed by atoms with Crippen LogP contribution in [0.1, 0.15) is 103 Å². The second-order valence-electron chi connectivity index (χ2n) is 8.45. The van der Waals surface area contributed by atoms with Crippen LogP contribution in [0.3, 0.4) is 0 Å². The third kappa shape index (κ3) is 19.0. The monoisotopic (exact) mass is 460 g/mol. The predicted octanol–water partition coefficient (Wildman–Crippen LogP) is 3.19. The Labute approximate surface area is 191 Å². The van der Waals surface area contributed by atoms with Crippen molar-refractivity contribution >= 4 is 17.9 Å². The Morgan fingerprint density at radius 3 is 1.53 bits per heavy atom. The number of nitrogens with two attached hydrogens (primary N) is 1. The fourth-order valence-corrected chi connectivity index (χ4v) is 3.82. The van der Waals surface area contributed by atoms with Crippen LogP contribution in [-0.4, -0.2) is 39.8 Å². The van der Waals surface area contributed by atoms with Crippen molar-refractivity contribution in [3.05, 3.63) is 0 Å². The topological polar surface area (TPSA) is 174 Å². The lowest BCUT2D eigenvalue weighted by Gasteiger charge is -2.15. The standard InChI is InChI=1S/C22H44N4O6/c23-25-26-24-17-10-8-6-4-2-1-3-5-7-9-12-18(21(29)30)13-11-14-19(22(31)32)15-16-20(27)28/h18-19,24-26H,1-17,23H2,(H,27,28)(H,29,30)(H,31,32). The molecular weight excluding hydrogens is 416 g/mol. The number of carboxylic acids is 3. The molecule has 0 aliphatic heterocycles. The molecular formula is C22H44N4O6. The third-order valence-corrected chi connectivity index (χ3v) is 5.78. The van der Waals surface area contributed by atoms with Gasteiger partial charge in [-0.15, -0.1) is 0 Å². The van der Waals surface area contributed by atoms with E-state index in [9.17, 15) is 24.6 Å². The van der Waals surface area contributed by atoms with E-state index < -0.39 is 29.7 Å². The zero-order valence-corrected chi connectivity index (χ0v) is 19.3. The molecule has 8 N–H and O–H groups in total. The Morgan fingerprint density at radius 1 is 0.625 bits per heavy atom. The molecule has 0 spiro atoms. The van der Waals surface area contributed by atoms with Gasteiger partial charge >= 0.3 is 17.9 Å². The maximum absolute atomic E-state index is 11.5. The van der Waals surface area contributed by atoms with Gasteiger partial charge in [0.15, 0.2) is 0 Å². The van der Waals surface area contributed by atoms with Gasteiger partial charge in [-0.25, -0.2) is 5.43 Å². The maximum Gasteiger partial charge on any atom is 0.306 e. The third-order valence-electron chi connectivity index (χ3n) is 5.78. The minimum atomic E-state index is -1.01. The highest BCUT2D eigenvalue weighted by molar-refractivity contribution is 5.72. The average Bonchev–Trinajstić information content (AvgIpc) is 2.74. The average molecular weight is 461 g/mol. The maximum atomic E-state index is 11.5. The second kappa shape index (κ2) is 21.1. The lowest BCUT2D eigenvalue weighted by atomic mass is 9.91. The molecule has 0 aliphatic rings. The number of carboxylic acid groups (broad SMARTS) is 3. The highest BCUT2D eigenvalue weighted by Crippen LogP contribution is 2.22. The summed E-state index contributed by atoms with van der Waals surface area (Å²) in [6, 6.07) is 0. The fourth-order valence-electron chi connectivity index (χ4n) is 3.82. The van der Waals surface area contributed by atoms with E-state index in [0.717, 1.165) is 32.2 Å². The second-order valence-corrected chi connectivity index (χ2v) is 8.45. The first-order valence-electron chi connectivity index (χ1n) is 12.0. The molecule has 0 aromatic carbocycles. The first kappa shape index (κ1) is 30.2. The molecule has 0 heterocycles. The summed E-state index contributed by atoms with van der Waals surface area (Å²) in [4.78, 5) is 33.3. The van der Waals surface area contributed by atoms with Crippen LogP contribution in [0.25, 0.3) is 0 Å². The lowest BCUT2D eigenvalue weighted by molar-refractivity contribution is -0.143. The van der Waals surface area contributed by atoms with Crippen molar-refractivity contribution in [1.82, 2.24) is 16.5 Å². The molecule has 0 saturated carbocycles. The number of hydrogen-bond acceptors (Lipinski definition) is 7. The summed E-state index contributed by atoms with van der Waals surface area (Å²) >= 11 is 0. The Balaban J connectivity index is 3.73. The Bertz CT molecular complexity index is 507. The summed E-state index contributed by atoms with van der Waals surface area (Å²) in [7, 11) is 0. The Kier molecular flexibility index (Phi) is 20.0. The first-order chi connectivity index (χ1) is 15.4. The van der Waals surface area contributed by atoms with Crippen LogP contribution in [0.2, 0.25) is 0 Å². The van der Waals surface area contributed by atoms with E-state index in [4.69, 9.17) is 10.9 Å². The van der Waals surface area contributed by atoms with Crippen molar-refractivity contribution in [2.24, 2.45) is 17.7 Å². The van der Waals surface area contributed by atoms with Crippen LogP contribution in [0, 0.1) is 11.8 Å². The number of aliphatic carboxylic acids is 3. The summed E-state index contributed by atoms with van der Waals surface area (Å²) in [5.41, 5.74) is 7.89. The SMILES string of the molecule is NNNNCCCCCCCCCCCCC(CCCC(CCC(=O)O)C(=O)O)C(=O)O. The number of hydrazine groups is 3. The van der Waals surface area contributed by atoms with Crippen molar-refractivity contribution in [3.63, 3.8) is 0 Å². The lowest BCUT2D eigenvalue weighted by Crippen LogP contribution is -2.47. The zero-order valence-electron chi connectivity index (χ0n) is 19.3. The smallest absolute Gasteiger partial charge is 0.306 e. The van der Waals surface area contributed by atoms with Crippen LogP contribution in [-0.2, 0) is 14.4 Å².